The van der Waals surface area contributed by atoms with E-state index in [0.717, 1.165) is 39.4 Å². The molecule has 98 valence electrons. The maximum absolute atomic E-state index is 11.8. The van der Waals surface area contributed by atoms with E-state index < -0.39 is 0 Å². The Bertz CT molecular complexity index is 256. The van der Waals surface area contributed by atoms with Crippen molar-refractivity contribution in [1.29, 1.82) is 0 Å². The van der Waals surface area contributed by atoms with Gasteiger partial charge in [-0.05, 0) is 0 Å². The Morgan fingerprint density at radius 1 is 1.41 bits per heavy atom. The summed E-state index contributed by atoms with van der Waals surface area (Å²) in [6.45, 7) is 6.54. The van der Waals surface area contributed by atoms with Crippen molar-refractivity contribution in [3.8, 4) is 0 Å². The highest BCUT2D eigenvalue weighted by Crippen LogP contribution is 2.06. The number of rotatable bonds is 4. The summed E-state index contributed by atoms with van der Waals surface area (Å²) < 4.78 is 5.27. The van der Waals surface area contributed by atoms with Crippen molar-refractivity contribution in [2.45, 2.75) is 6.04 Å². The standard InChI is InChI=1S/C11H22N4O2/c12-10-8-13-7-9(10)11(16)14-1-2-15-3-5-17-6-4-15/h9-10,13H,1-8,12H2,(H,14,16). The fourth-order valence-corrected chi connectivity index (χ4v) is 2.28. The monoisotopic (exact) mass is 242 g/mol. The van der Waals surface area contributed by atoms with E-state index in [9.17, 15) is 4.79 Å². The molecule has 2 aliphatic rings. The van der Waals surface area contributed by atoms with Gasteiger partial charge in [-0.15, -0.1) is 0 Å². The van der Waals surface area contributed by atoms with Crippen LogP contribution in [0.5, 0.6) is 0 Å². The molecule has 2 heterocycles. The quantitative estimate of drug-likeness (QED) is 0.530. The Labute approximate surface area is 102 Å². The predicted molar refractivity (Wildman–Crippen MR) is 64.6 cm³/mol. The Kier molecular flexibility index (Phi) is 4.73. The minimum absolute atomic E-state index is 0.0432. The van der Waals surface area contributed by atoms with Crippen molar-refractivity contribution in [3.63, 3.8) is 0 Å². The van der Waals surface area contributed by atoms with Crippen molar-refractivity contribution >= 4 is 5.91 Å². The molecule has 2 saturated heterocycles. The highest BCUT2D eigenvalue weighted by atomic mass is 16.5. The van der Waals surface area contributed by atoms with Gasteiger partial charge in [0.25, 0.3) is 0 Å². The van der Waals surface area contributed by atoms with Gasteiger partial charge in [0, 0.05) is 45.3 Å². The van der Waals surface area contributed by atoms with Crippen molar-refractivity contribution in [2.75, 3.05) is 52.5 Å². The van der Waals surface area contributed by atoms with Crippen LogP contribution in [0.4, 0.5) is 0 Å². The maximum Gasteiger partial charge on any atom is 0.226 e. The largest absolute Gasteiger partial charge is 0.379 e. The van der Waals surface area contributed by atoms with Crippen LogP contribution in [-0.2, 0) is 9.53 Å². The van der Waals surface area contributed by atoms with Gasteiger partial charge in [0.05, 0.1) is 19.1 Å². The van der Waals surface area contributed by atoms with Gasteiger partial charge in [0.15, 0.2) is 0 Å². The zero-order valence-corrected chi connectivity index (χ0v) is 10.2. The van der Waals surface area contributed by atoms with Crippen molar-refractivity contribution in [2.24, 2.45) is 11.7 Å². The van der Waals surface area contributed by atoms with E-state index in [1.165, 1.54) is 0 Å². The van der Waals surface area contributed by atoms with Gasteiger partial charge >= 0.3 is 0 Å². The molecule has 2 aliphatic heterocycles. The molecule has 2 rings (SSSR count). The number of carbonyl (C=O) groups is 1. The van der Waals surface area contributed by atoms with Crippen LogP contribution < -0.4 is 16.4 Å². The lowest BCUT2D eigenvalue weighted by atomic mass is 10.0. The molecule has 4 N–H and O–H groups in total. The first-order chi connectivity index (χ1) is 8.27. The average molecular weight is 242 g/mol. The van der Waals surface area contributed by atoms with Crippen LogP contribution in [0.25, 0.3) is 0 Å². The topological polar surface area (TPSA) is 79.6 Å². The summed E-state index contributed by atoms with van der Waals surface area (Å²) in [5.41, 5.74) is 5.84. The minimum Gasteiger partial charge on any atom is -0.379 e. The molecule has 0 aromatic heterocycles. The molecule has 0 aliphatic carbocycles. The molecule has 2 fully saturated rings. The number of nitrogens with two attached hydrogens (primary N) is 1. The number of nitrogens with zero attached hydrogens (tertiary/aromatic N) is 1. The summed E-state index contributed by atoms with van der Waals surface area (Å²) in [5.74, 6) is 0.00967. The van der Waals surface area contributed by atoms with Gasteiger partial charge in [-0.1, -0.05) is 0 Å². The highest BCUT2D eigenvalue weighted by molar-refractivity contribution is 5.80. The number of ether oxygens (including phenoxy) is 1. The molecule has 0 bridgehead atoms. The first kappa shape index (κ1) is 12.8. The Balaban J connectivity index is 1.62. The third-order valence-electron chi connectivity index (χ3n) is 3.43. The van der Waals surface area contributed by atoms with E-state index in [4.69, 9.17) is 10.5 Å². The number of amides is 1. The van der Waals surface area contributed by atoms with Crippen molar-refractivity contribution in [3.05, 3.63) is 0 Å². The van der Waals surface area contributed by atoms with Crippen LogP contribution in [0.3, 0.4) is 0 Å². The van der Waals surface area contributed by atoms with Gasteiger partial charge in [0.1, 0.15) is 0 Å². The van der Waals surface area contributed by atoms with Gasteiger partial charge in [-0.25, -0.2) is 0 Å². The first-order valence-electron chi connectivity index (χ1n) is 6.31. The zero-order valence-electron chi connectivity index (χ0n) is 10.2. The van der Waals surface area contributed by atoms with E-state index in [0.29, 0.717) is 13.1 Å². The summed E-state index contributed by atoms with van der Waals surface area (Å²) in [6, 6.07) is -0.0432. The number of nitrogens with one attached hydrogen (secondary N) is 2. The number of morpholine rings is 1. The molecule has 0 aromatic carbocycles. The van der Waals surface area contributed by atoms with Crippen molar-refractivity contribution in [1.82, 2.24) is 15.5 Å². The molecule has 6 heteroatoms. The average Bonchev–Trinajstić information content (AvgIpc) is 2.77. The molecule has 0 spiro atoms. The molecule has 1 amide bonds. The lowest BCUT2D eigenvalue weighted by molar-refractivity contribution is -0.124. The Morgan fingerprint density at radius 2 is 2.18 bits per heavy atom. The van der Waals surface area contributed by atoms with E-state index in [1.807, 2.05) is 0 Å². The first-order valence-corrected chi connectivity index (χ1v) is 6.31. The molecule has 2 unspecified atom stereocenters. The molecule has 6 nitrogen and oxygen atoms in total. The normalized spacial score (nSPS) is 30.4. The van der Waals surface area contributed by atoms with Crippen molar-refractivity contribution < 1.29 is 9.53 Å². The number of hydrogen-bond acceptors (Lipinski definition) is 5. The second-order valence-corrected chi connectivity index (χ2v) is 4.67. The van der Waals surface area contributed by atoms with E-state index in [-0.39, 0.29) is 17.9 Å². The zero-order chi connectivity index (χ0) is 12.1. The summed E-state index contributed by atoms with van der Waals surface area (Å²) >= 11 is 0. The lowest BCUT2D eigenvalue weighted by Crippen LogP contribution is -2.45. The van der Waals surface area contributed by atoms with Crippen LogP contribution in [-0.4, -0.2) is 69.3 Å². The third-order valence-corrected chi connectivity index (χ3v) is 3.43. The SMILES string of the molecule is NC1CNCC1C(=O)NCCN1CCOCC1. The predicted octanol–water partition coefficient (Wildman–Crippen LogP) is -2.02. The van der Waals surface area contributed by atoms with Gasteiger partial charge in [0.2, 0.25) is 5.91 Å². The highest BCUT2D eigenvalue weighted by Gasteiger charge is 2.29. The maximum atomic E-state index is 11.8. The van der Waals surface area contributed by atoms with Gasteiger partial charge in [-0.3, -0.25) is 9.69 Å². The van der Waals surface area contributed by atoms with E-state index in [2.05, 4.69) is 15.5 Å². The van der Waals surface area contributed by atoms with Crippen LogP contribution >= 0.6 is 0 Å². The Morgan fingerprint density at radius 3 is 2.82 bits per heavy atom. The molecule has 0 radical (unpaired) electrons. The number of hydrogen-bond donors (Lipinski definition) is 3. The van der Waals surface area contributed by atoms with Crippen LogP contribution in [0, 0.1) is 5.92 Å². The van der Waals surface area contributed by atoms with Gasteiger partial charge in [-0.2, -0.15) is 0 Å². The number of carbonyl (C=O) groups excluding carboxylic acids is 1. The summed E-state index contributed by atoms with van der Waals surface area (Å²) in [6.07, 6.45) is 0. The summed E-state index contributed by atoms with van der Waals surface area (Å²) in [7, 11) is 0. The van der Waals surface area contributed by atoms with E-state index >= 15 is 0 Å². The fraction of sp³-hybridized carbons (Fsp3) is 0.909. The second kappa shape index (κ2) is 6.30. The molecule has 17 heavy (non-hydrogen) atoms. The minimum atomic E-state index is -0.0697. The van der Waals surface area contributed by atoms with Crippen LogP contribution in [0.2, 0.25) is 0 Å². The van der Waals surface area contributed by atoms with Gasteiger partial charge < -0.3 is 21.1 Å². The van der Waals surface area contributed by atoms with Crippen LogP contribution in [0.1, 0.15) is 0 Å². The van der Waals surface area contributed by atoms with Crippen LogP contribution in [0.15, 0.2) is 0 Å². The third kappa shape index (κ3) is 3.64. The molecule has 0 saturated carbocycles. The lowest BCUT2D eigenvalue weighted by Gasteiger charge is -2.26. The van der Waals surface area contributed by atoms with E-state index in [1.54, 1.807) is 0 Å². The molecular weight excluding hydrogens is 220 g/mol. The fourth-order valence-electron chi connectivity index (χ4n) is 2.28. The molecular formula is C11H22N4O2. The molecule has 0 aromatic rings. The smallest absolute Gasteiger partial charge is 0.226 e. The summed E-state index contributed by atoms with van der Waals surface area (Å²) in [5, 5.41) is 6.09. The summed E-state index contributed by atoms with van der Waals surface area (Å²) in [4.78, 5) is 14.1. The Hall–Kier alpha value is -0.690. The molecule has 2 atom stereocenters. The second-order valence-electron chi connectivity index (χ2n) is 4.67.